The molecule has 2 aliphatic carbocycles. The lowest BCUT2D eigenvalue weighted by Crippen LogP contribution is -2.30. The largest absolute Gasteiger partial charge is 0.370 e. The van der Waals surface area contributed by atoms with Crippen LogP contribution in [0.25, 0.3) is 0 Å². The zero-order valence-electron chi connectivity index (χ0n) is 10.2. The number of aromatic nitrogens is 2. The SMILES string of the molecule is COC1(c2nc(C3CC3)cc(=O)[nH]2)CCCC1. The molecule has 0 spiro atoms. The van der Waals surface area contributed by atoms with Gasteiger partial charge in [-0.05, 0) is 38.5 Å². The number of rotatable bonds is 3. The fourth-order valence-corrected chi connectivity index (χ4v) is 2.76. The van der Waals surface area contributed by atoms with Crippen LogP contribution in [0.2, 0.25) is 0 Å². The van der Waals surface area contributed by atoms with Gasteiger partial charge in [-0.1, -0.05) is 0 Å². The average Bonchev–Trinajstić information content (AvgIpc) is 3.07. The molecule has 17 heavy (non-hydrogen) atoms. The molecule has 3 rings (SSSR count). The van der Waals surface area contributed by atoms with Crippen LogP contribution in [0.3, 0.4) is 0 Å². The van der Waals surface area contributed by atoms with E-state index in [0.717, 1.165) is 50.0 Å². The minimum Gasteiger partial charge on any atom is -0.370 e. The van der Waals surface area contributed by atoms with E-state index in [4.69, 9.17) is 4.74 Å². The van der Waals surface area contributed by atoms with Crippen molar-refractivity contribution in [2.24, 2.45) is 0 Å². The summed E-state index contributed by atoms with van der Waals surface area (Å²) >= 11 is 0. The fourth-order valence-electron chi connectivity index (χ4n) is 2.76. The van der Waals surface area contributed by atoms with Crippen LogP contribution in [-0.2, 0) is 10.3 Å². The number of H-pyrrole nitrogens is 1. The molecule has 2 fully saturated rings. The van der Waals surface area contributed by atoms with Crippen LogP contribution in [0.1, 0.15) is 56.0 Å². The number of ether oxygens (including phenoxy) is 1. The van der Waals surface area contributed by atoms with Crippen molar-refractivity contribution in [1.82, 2.24) is 9.97 Å². The van der Waals surface area contributed by atoms with E-state index >= 15 is 0 Å². The lowest BCUT2D eigenvalue weighted by Gasteiger charge is -2.26. The summed E-state index contributed by atoms with van der Waals surface area (Å²) in [6, 6.07) is 1.64. The zero-order chi connectivity index (χ0) is 11.9. The first-order valence-corrected chi connectivity index (χ1v) is 6.40. The summed E-state index contributed by atoms with van der Waals surface area (Å²) in [7, 11) is 1.72. The average molecular weight is 234 g/mol. The summed E-state index contributed by atoms with van der Waals surface area (Å²) in [5.74, 6) is 1.25. The third-order valence-corrected chi connectivity index (χ3v) is 3.99. The Bertz CT molecular complexity index is 471. The van der Waals surface area contributed by atoms with Crippen molar-refractivity contribution in [2.45, 2.75) is 50.0 Å². The highest BCUT2D eigenvalue weighted by Crippen LogP contribution is 2.42. The maximum Gasteiger partial charge on any atom is 0.251 e. The van der Waals surface area contributed by atoms with Crippen molar-refractivity contribution >= 4 is 0 Å². The highest BCUT2D eigenvalue weighted by atomic mass is 16.5. The first-order chi connectivity index (χ1) is 8.23. The molecule has 1 heterocycles. The van der Waals surface area contributed by atoms with E-state index in [0.29, 0.717) is 5.92 Å². The van der Waals surface area contributed by atoms with E-state index in [1.165, 1.54) is 0 Å². The van der Waals surface area contributed by atoms with E-state index in [1.54, 1.807) is 13.2 Å². The predicted octanol–water partition coefficient (Wildman–Crippen LogP) is 2.06. The van der Waals surface area contributed by atoms with Crippen LogP contribution in [0.4, 0.5) is 0 Å². The van der Waals surface area contributed by atoms with E-state index in [1.807, 2.05) is 0 Å². The van der Waals surface area contributed by atoms with Gasteiger partial charge in [0, 0.05) is 19.1 Å². The standard InChI is InChI=1S/C13H18N2O2/c1-17-13(6-2-3-7-13)12-14-10(9-4-5-9)8-11(16)15-12/h8-9H,2-7H2,1H3,(H,14,15,16). The molecule has 1 aromatic heterocycles. The molecule has 92 valence electrons. The highest BCUT2D eigenvalue weighted by molar-refractivity contribution is 5.17. The number of hydrogen-bond acceptors (Lipinski definition) is 3. The molecule has 2 aliphatic rings. The van der Waals surface area contributed by atoms with E-state index in [-0.39, 0.29) is 11.2 Å². The summed E-state index contributed by atoms with van der Waals surface area (Å²) in [6.07, 6.45) is 6.53. The van der Waals surface area contributed by atoms with Gasteiger partial charge in [0.05, 0.1) is 5.69 Å². The molecule has 0 unspecified atom stereocenters. The van der Waals surface area contributed by atoms with Crippen LogP contribution in [0, 0.1) is 0 Å². The smallest absolute Gasteiger partial charge is 0.251 e. The van der Waals surface area contributed by atoms with Gasteiger partial charge in [-0.25, -0.2) is 4.98 Å². The molecule has 0 saturated heterocycles. The number of nitrogens with one attached hydrogen (secondary N) is 1. The normalized spacial score (nSPS) is 22.9. The Morgan fingerprint density at radius 3 is 2.71 bits per heavy atom. The summed E-state index contributed by atoms with van der Waals surface area (Å²) in [5.41, 5.74) is 0.566. The van der Waals surface area contributed by atoms with Crippen molar-refractivity contribution < 1.29 is 4.74 Å². The molecule has 1 N–H and O–H groups in total. The monoisotopic (exact) mass is 234 g/mol. The van der Waals surface area contributed by atoms with Gasteiger partial charge >= 0.3 is 0 Å². The summed E-state index contributed by atoms with van der Waals surface area (Å²) in [6.45, 7) is 0. The molecule has 2 saturated carbocycles. The molecule has 1 aromatic rings. The molecule has 0 bridgehead atoms. The van der Waals surface area contributed by atoms with Gasteiger partial charge in [-0.3, -0.25) is 4.79 Å². The maximum absolute atomic E-state index is 11.7. The van der Waals surface area contributed by atoms with Gasteiger partial charge in [0.1, 0.15) is 11.4 Å². The third kappa shape index (κ3) is 1.90. The fraction of sp³-hybridized carbons (Fsp3) is 0.692. The molecule has 4 heteroatoms. The van der Waals surface area contributed by atoms with Crippen molar-refractivity contribution in [3.8, 4) is 0 Å². The van der Waals surface area contributed by atoms with Crippen LogP contribution >= 0.6 is 0 Å². The van der Waals surface area contributed by atoms with E-state index < -0.39 is 0 Å². The second kappa shape index (κ2) is 3.95. The lowest BCUT2D eigenvalue weighted by atomic mass is 10.0. The quantitative estimate of drug-likeness (QED) is 0.871. The Labute approximate surface area is 100 Å². The predicted molar refractivity (Wildman–Crippen MR) is 64.0 cm³/mol. The Balaban J connectivity index is 2.03. The van der Waals surface area contributed by atoms with Crippen molar-refractivity contribution in [3.05, 3.63) is 27.9 Å². The van der Waals surface area contributed by atoms with Gasteiger partial charge < -0.3 is 9.72 Å². The number of hydrogen-bond donors (Lipinski definition) is 1. The second-order valence-electron chi connectivity index (χ2n) is 5.20. The Morgan fingerprint density at radius 2 is 2.12 bits per heavy atom. The van der Waals surface area contributed by atoms with Crippen molar-refractivity contribution in [2.75, 3.05) is 7.11 Å². The summed E-state index contributed by atoms with van der Waals surface area (Å²) in [5, 5.41) is 0. The third-order valence-electron chi connectivity index (χ3n) is 3.99. The molecule has 4 nitrogen and oxygen atoms in total. The first kappa shape index (κ1) is 11.0. The van der Waals surface area contributed by atoms with Crippen LogP contribution in [0.15, 0.2) is 10.9 Å². The van der Waals surface area contributed by atoms with Crippen LogP contribution < -0.4 is 5.56 Å². The highest BCUT2D eigenvalue weighted by Gasteiger charge is 2.39. The van der Waals surface area contributed by atoms with Gasteiger partial charge in [-0.2, -0.15) is 0 Å². The Kier molecular flexibility index (Phi) is 2.54. The summed E-state index contributed by atoms with van der Waals surface area (Å²) < 4.78 is 5.66. The van der Waals surface area contributed by atoms with Crippen molar-refractivity contribution in [3.63, 3.8) is 0 Å². The summed E-state index contributed by atoms with van der Waals surface area (Å²) in [4.78, 5) is 19.2. The maximum atomic E-state index is 11.7. The van der Waals surface area contributed by atoms with Gasteiger partial charge in [-0.15, -0.1) is 0 Å². The minimum absolute atomic E-state index is 0.0415. The number of aromatic amines is 1. The molecular formula is C13H18N2O2. The Hall–Kier alpha value is -1.16. The Morgan fingerprint density at radius 1 is 1.41 bits per heavy atom. The van der Waals surface area contributed by atoms with Gasteiger partial charge in [0.25, 0.3) is 5.56 Å². The van der Waals surface area contributed by atoms with Gasteiger partial charge in [0.2, 0.25) is 0 Å². The van der Waals surface area contributed by atoms with Crippen LogP contribution in [-0.4, -0.2) is 17.1 Å². The minimum atomic E-state index is -0.343. The molecular weight excluding hydrogens is 216 g/mol. The topological polar surface area (TPSA) is 55.0 Å². The molecule has 0 radical (unpaired) electrons. The molecule has 0 atom stereocenters. The number of nitrogens with zero attached hydrogens (tertiary/aromatic N) is 1. The van der Waals surface area contributed by atoms with E-state index in [2.05, 4.69) is 9.97 Å². The first-order valence-electron chi connectivity index (χ1n) is 6.40. The van der Waals surface area contributed by atoms with Crippen molar-refractivity contribution in [1.29, 1.82) is 0 Å². The van der Waals surface area contributed by atoms with Crippen LogP contribution in [0.5, 0.6) is 0 Å². The van der Waals surface area contributed by atoms with E-state index in [9.17, 15) is 4.79 Å². The lowest BCUT2D eigenvalue weighted by molar-refractivity contribution is -0.0166. The van der Waals surface area contributed by atoms with Gasteiger partial charge in [0.15, 0.2) is 0 Å². The molecule has 0 aromatic carbocycles. The molecule has 0 amide bonds. The zero-order valence-corrected chi connectivity index (χ0v) is 10.2. The number of methoxy groups -OCH3 is 1. The second-order valence-corrected chi connectivity index (χ2v) is 5.20. The molecule has 0 aliphatic heterocycles.